The molecule has 1 amide bonds. The molecule has 1 atom stereocenters. The maximum atomic E-state index is 12.0. The zero-order chi connectivity index (χ0) is 33.0. The predicted octanol–water partition coefficient (Wildman–Crippen LogP) is 9.66. The van der Waals surface area contributed by atoms with Gasteiger partial charge in [-0.1, -0.05) is 46.1 Å². The van der Waals surface area contributed by atoms with Crippen LogP contribution >= 0.6 is 0 Å². The average molecular weight is 627 g/mol. The van der Waals surface area contributed by atoms with Crippen LogP contribution in [-0.2, 0) is 14.3 Å². The lowest BCUT2D eigenvalue weighted by Crippen LogP contribution is -2.38. The van der Waals surface area contributed by atoms with Crippen LogP contribution in [-0.4, -0.2) is 37.8 Å². The van der Waals surface area contributed by atoms with Crippen LogP contribution < -0.4 is 15.0 Å². The lowest BCUT2D eigenvalue weighted by molar-refractivity contribution is -0.137. The van der Waals surface area contributed by atoms with E-state index in [1.807, 2.05) is 86.6 Å². The molecule has 0 aromatic heterocycles. The molecule has 0 fully saturated rings. The fraction of sp³-hybridized carbons (Fsp3) is 0.389. The van der Waals surface area contributed by atoms with Crippen molar-refractivity contribution in [1.29, 1.82) is 0 Å². The summed E-state index contributed by atoms with van der Waals surface area (Å²) in [6.07, 6.45) is 7.77. The Labute approximate surface area is 272 Å². The summed E-state index contributed by atoms with van der Waals surface area (Å²) >= 11 is 0. The largest absolute Gasteiger partial charge is 0.471 e. The highest BCUT2D eigenvalue weighted by molar-refractivity contribution is 5.81. The topological polar surface area (TPSA) is 117 Å². The summed E-state index contributed by atoms with van der Waals surface area (Å²) < 4.78 is 11.2. The van der Waals surface area contributed by atoms with E-state index in [0.29, 0.717) is 35.8 Å². The molecule has 0 aliphatic carbocycles. The second kappa shape index (κ2) is 20.2. The van der Waals surface area contributed by atoms with Gasteiger partial charge in [-0.3, -0.25) is 4.79 Å². The molecule has 0 radical (unpaired) electrons. The Balaban J connectivity index is 1.51. The van der Waals surface area contributed by atoms with Crippen molar-refractivity contribution in [2.24, 2.45) is 20.5 Å². The number of likely N-dealkylation sites (N-methyl/N-ethyl adjacent to an activating group) is 1. The van der Waals surface area contributed by atoms with Crippen molar-refractivity contribution in [2.45, 2.75) is 71.9 Å². The second-order valence-corrected chi connectivity index (χ2v) is 10.6. The number of nitrogens with zero attached hydrogens (tertiary/aromatic N) is 5. The predicted molar refractivity (Wildman–Crippen MR) is 183 cm³/mol. The van der Waals surface area contributed by atoms with Crippen molar-refractivity contribution in [3.8, 4) is 5.75 Å². The molecule has 3 aromatic rings. The number of anilines is 1. The molecule has 0 aliphatic heterocycles. The van der Waals surface area contributed by atoms with Crippen LogP contribution in [0.15, 0.2) is 106 Å². The normalized spacial score (nSPS) is 11.8. The number of hydrogen-bond acceptors (Lipinski definition) is 9. The molecule has 10 heteroatoms. The van der Waals surface area contributed by atoms with E-state index in [2.05, 4.69) is 44.2 Å². The van der Waals surface area contributed by atoms with Crippen LogP contribution in [0.25, 0.3) is 0 Å². The third-order valence-corrected chi connectivity index (χ3v) is 7.11. The summed E-state index contributed by atoms with van der Waals surface area (Å²) in [4.78, 5) is 25.4. The highest BCUT2D eigenvalue weighted by Gasteiger charge is 2.13. The molecule has 1 unspecified atom stereocenters. The monoisotopic (exact) mass is 626 g/mol. The average Bonchev–Trinajstić information content (AvgIpc) is 3.09. The van der Waals surface area contributed by atoms with Crippen LogP contribution in [0.5, 0.6) is 5.75 Å². The molecule has 1 N–H and O–H groups in total. The Morgan fingerprint density at radius 3 is 1.80 bits per heavy atom. The Morgan fingerprint density at radius 2 is 1.30 bits per heavy atom. The summed E-state index contributed by atoms with van der Waals surface area (Å²) in [5, 5.41) is 20.3. The first-order valence-electron chi connectivity index (χ1n) is 16.1. The fourth-order valence-corrected chi connectivity index (χ4v) is 4.46. The number of ether oxygens (including phenoxy) is 2. The Morgan fingerprint density at radius 1 is 0.783 bits per heavy atom. The smallest absolute Gasteiger partial charge is 0.330 e. The molecule has 0 heterocycles. The van der Waals surface area contributed by atoms with Crippen LogP contribution in [0.4, 0.5) is 28.4 Å². The Kier molecular flexibility index (Phi) is 15.7. The zero-order valence-electron chi connectivity index (χ0n) is 27.2. The number of rotatable bonds is 20. The lowest BCUT2D eigenvalue weighted by Gasteiger charge is -2.22. The quantitative estimate of drug-likeness (QED) is 0.0440. The van der Waals surface area contributed by atoms with Crippen molar-refractivity contribution >= 4 is 40.3 Å². The fourth-order valence-electron chi connectivity index (χ4n) is 4.46. The highest BCUT2D eigenvalue weighted by atomic mass is 16.5. The summed E-state index contributed by atoms with van der Waals surface area (Å²) in [6.45, 7) is 11.1. The molecule has 3 rings (SSSR count). The molecule has 0 bridgehead atoms. The van der Waals surface area contributed by atoms with Gasteiger partial charge >= 0.3 is 5.97 Å². The minimum absolute atomic E-state index is 0.0208. The van der Waals surface area contributed by atoms with Crippen LogP contribution in [0.1, 0.15) is 65.7 Å². The van der Waals surface area contributed by atoms with Gasteiger partial charge in [-0.15, -0.1) is 0 Å². The number of esters is 1. The van der Waals surface area contributed by atoms with E-state index in [-0.39, 0.29) is 18.7 Å². The molecule has 0 spiro atoms. The van der Waals surface area contributed by atoms with Crippen LogP contribution in [0.2, 0.25) is 0 Å². The van der Waals surface area contributed by atoms with Gasteiger partial charge in [-0.05, 0) is 86.1 Å². The number of hydrogen-bond donors (Lipinski definition) is 1. The van der Waals surface area contributed by atoms with Crippen molar-refractivity contribution in [3.63, 3.8) is 0 Å². The third kappa shape index (κ3) is 13.0. The number of azo groups is 2. The van der Waals surface area contributed by atoms with Gasteiger partial charge in [0.05, 0.1) is 29.3 Å². The minimum Gasteiger partial charge on any atom is -0.471 e. The molecule has 3 aromatic carbocycles. The second-order valence-electron chi connectivity index (χ2n) is 10.6. The number of unbranched alkanes of at least 4 members (excludes halogenated alkanes) is 4. The summed E-state index contributed by atoms with van der Waals surface area (Å²) in [7, 11) is 0. The number of carbonyl (C=O) groups is 2. The Bertz CT molecular complexity index is 1410. The summed E-state index contributed by atoms with van der Waals surface area (Å²) in [6, 6.07) is 22.4. The van der Waals surface area contributed by atoms with Crippen molar-refractivity contribution in [1.82, 2.24) is 5.32 Å². The maximum absolute atomic E-state index is 12.0. The highest BCUT2D eigenvalue weighted by Crippen LogP contribution is 2.26. The minimum atomic E-state index is -0.424. The molecule has 46 heavy (non-hydrogen) atoms. The van der Waals surface area contributed by atoms with Gasteiger partial charge in [-0.25, -0.2) is 4.79 Å². The first-order valence-corrected chi connectivity index (χ1v) is 16.1. The number of nitrogens with one attached hydrogen (secondary N) is 1. The van der Waals surface area contributed by atoms with E-state index in [0.717, 1.165) is 43.3 Å². The molecule has 0 saturated carbocycles. The van der Waals surface area contributed by atoms with Crippen LogP contribution in [0.3, 0.4) is 0 Å². The van der Waals surface area contributed by atoms with E-state index in [1.165, 1.54) is 19.3 Å². The first-order chi connectivity index (χ1) is 22.4. The molecule has 244 valence electrons. The van der Waals surface area contributed by atoms with Crippen LogP contribution in [0, 0.1) is 0 Å². The van der Waals surface area contributed by atoms with E-state index < -0.39 is 5.97 Å². The number of benzene rings is 3. The van der Waals surface area contributed by atoms with Crippen molar-refractivity contribution < 1.29 is 19.1 Å². The van der Waals surface area contributed by atoms with Gasteiger partial charge < -0.3 is 19.7 Å². The molecular weight excluding hydrogens is 580 g/mol. The molecule has 0 saturated heterocycles. The zero-order valence-corrected chi connectivity index (χ0v) is 27.2. The Hall–Kier alpha value is -4.86. The first kappa shape index (κ1) is 35.6. The lowest BCUT2D eigenvalue weighted by atomic mass is 10.1. The van der Waals surface area contributed by atoms with Crippen molar-refractivity contribution in [2.75, 3.05) is 24.6 Å². The molecule has 0 aliphatic rings. The van der Waals surface area contributed by atoms with E-state index >= 15 is 0 Å². The van der Waals surface area contributed by atoms with E-state index in [1.54, 1.807) is 0 Å². The number of amides is 1. The van der Waals surface area contributed by atoms with Gasteiger partial charge in [0.2, 0.25) is 5.91 Å². The summed E-state index contributed by atoms with van der Waals surface area (Å²) in [5.41, 5.74) is 3.80. The van der Waals surface area contributed by atoms with E-state index in [9.17, 15) is 9.59 Å². The van der Waals surface area contributed by atoms with Gasteiger partial charge in [0.15, 0.2) is 6.23 Å². The van der Waals surface area contributed by atoms with E-state index in [4.69, 9.17) is 9.47 Å². The summed E-state index contributed by atoms with van der Waals surface area (Å²) in [5.74, 6) is 0.229. The van der Waals surface area contributed by atoms with Gasteiger partial charge in [-0.2, -0.15) is 20.5 Å². The standard InChI is InChI=1S/C36H46N6O4/c1-5-9-10-11-12-13-35(37-34(43)6-2)46-33-24-20-31(21-25-33)41-39-29-16-14-28(15-17-29)38-40-30-18-22-32(23-19-30)42(8-4)26-27-45-36(44)7-3/h7,14-25,35H,3,5-6,8-13,26-27H2,1-2,4H3,(H,37,43). The SMILES string of the molecule is C=CC(=O)OCCN(CC)c1ccc(N=Nc2ccc(N=Nc3ccc(OC(CCCCCCC)NC(=O)CC)cc3)cc2)cc1. The third-order valence-electron chi connectivity index (χ3n) is 7.11. The maximum Gasteiger partial charge on any atom is 0.330 e. The van der Waals surface area contributed by atoms with Gasteiger partial charge in [0.25, 0.3) is 0 Å². The van der Waals surface area contributed by atoms with Gasteiger partial charge in [0, 0.05) is 31.1 Å². The molecule has 10 nitrogen and oxygen atoms in total. The molecular formula is C36H46N6O4. The number of carbonyl (C=O) groups excluding carboxylic acids is 2. The van der Waals surface area contributed by atoms with Crippen molar-refractivity contribution in [3.05, 3.63) is 85.5 Å². The van der Waals surface area contributed by atoms with Gasteiger partial charge in [0.1, 0.15) is 12.4 Å².